The lowest BCUT2D eigenvalue weighted by molar-refractivity contribution is 0.158. The average Bonchev–Trinajstić information content (AvgIpc) is 2.66. The van der Waals surface area contributed by atoms with Crippen LogP contribution < -0.4 is 0 Å². The van der Waals surface area contributed by atoms with Crippen molar-refractivity contribution in [3.8, 4) is 11.3 Å². The van der Waals surface area contributed by atoms with Crippen LogP contribution in [0.3, 0.4) is 0 Å². The summed E-state index contributed by atoms with van der Waals surface area (Å²) in [5, 5.41) is 13.0. The van der Waals surface area contributed by atoms with Gasteiger partial charge in [-0.2, -0.15) is 0 Å². The SMILES string of the molecule is C[C@H](O)c1cc(-c2cccc(F)c2)no1. The molecule has 0 bridgehead atoms. The minimum absolute atomic E-state index is 0.325. The van der Waals surface area contributed by atoms with Crippen molar-refractivity contribution in [3.05, 3.63) is 41.9 Å². The van der Waals surface area contributed by atoms with Gasteiger partial charge in [0.25, 0.3) is 0 Å². The molecule has 0 aliphatic rings. The maximum Gasteiger partial charge on any atom is 0.165 e. The summed E-state index contributed by atoms with van der Waals surface area (Å²) in [6.07, 6.45) is -0.709. The van der Waals surface area contributed by atoms with Crippen LogP contribution in [-0.2, 0) is 0 Å². The zero-order chi connectivity index (χ0) is 10.8. The first kappa shape index (κ1) is 9.86. The molecule has 1 heterocycles. The molecule has 0 aliphatic carbocycles. The van der Waals surface area contributed by atoms with Gasteiger partial charge in [0, 0.05) is 11.6 Å². The van der Waals surface area contributed by atoms with Crippen molar-refractivity contribution in [1.29, 1.82) is 0 Å². The van der Waals surface area contributed by atoms with Crippen LogP contribution in [0.15, 0.2) is 34.9 Å². The van der Waals surface area contributed by atoms with Crippen molar-refractivity contribution in [2.45, 2.75) is 13.0 Å². The van der Waals surface area contributed by atoms with Gasteiger partial charge in [0.05, 0.1) is 0 Å². The molecule has 3 nitrogen and oxygen atoms in total. The highest BCUT2D eigenvalue weighted by Crippen LogP contribution is 2.22. The Balaban J connectivity index is 2.37. The Bertz CT molecular complexity index is 465. The Labute approximate surface area is 86.1 Å². The minimum Gasteiger partial charge on any atom is -0.385 e. The quantitative estimate of drug-likeness (QED) is 0.823. The number of aromatic nitrogens is 1. The molecule has 1 N–H and O–H groups in total. The van der Waals surface area contributed by atoms with Gasteiger partial charge >= 0.3 is 0 Å². The summed E-state index contributed by atoms with van der Waals surface area (Å²) in [6.45, 7) is 1.58. The van der Waals surface area contributed by atoms with Crippen LogP contribution in [-0.4, -0.2) is 10.3 Å². The van der Waals surface area contributed by atoms with E-state index in [9.17, 15) is 9.50 Å². The number of hydrogen-bond acceptors (Lipinski definition) is 3. The topological polar surface area (TPSA) is 46.3 Å². The number of halogens is 1. The smallest absolute Gasteiger partial charge is 0.165 e. The third kappa shape index (κ3) is 2.05. The highest BCUT2D eigenvalue weighted by Gasteiger charge is 2.10. The third-order valence-electron chi connectivity index (χ3n) is 2.06. The zero-order valence-corrected chi connectivity index (χ0v) is 8.14. The molecule has 78 valence electrons. The summed E-state index contributed by atoms with van der Waals surface area (Å²) in [5.74, 6) is 0.0448. The molecule has 2 aromatic rings. The van der Waals surface area contributed by atoms with E-state index in [1.165, 1.54) is 12.1 Å². The molecule has 15 heavy (non-hydrogen) atoms. The predicted molar refractivity (Wildman–Crippen MR) is 52.5 cm³/mol. The number of aliphatic hydroxyl groups is 1. The Morgan fingerprint density at radius 1 is 1.40 bits per heavy atom. The van der Waals surface area contributed by atoms with Crippen molar-refractivity contribution < 1.29 is 14.0 Å². The number of benzene rings is 1. The molecule has 1 aromatic carbocycles. The van der Waals surface area contributed by atoms with E-state index >= 15 is 0 Å². The fourth-order valence-corrected chi connectivity index (χ4v) is 1.27. The van der Waals surface area contributed by atoms with Gasteiger partial charge < -0.3 is 9.63 Å². The van der Waals surface area contributed by atoms with E-state index in [4.69, 9.17) is 4.52 Å². The lowest BCUT2D eigenvalue weighted by atomic mass is 10.1. The second-order valence-corrected chi connectivity index (χ2v) is 3.30. The van der Waals surface area contributed by atoms with Gasteiger partial charge in [0.1, 0.15) is 17.6 Å². The van der Waals surface area contributed by atoms with Crippen molar-refractivity contribution in [2.24, 2.45) is 0 Å². The van der Waals surface area contributed by atoms with Crippen LogP contribution in [0.4, 0.5) is 4.39 Å². The Hall–Kier alpha value is -1.68. The van der Waals surface area contributed by atoms with E-state index in [1.54, 1.807) is 25.1 Å². The van der Waals surface area contributed by atoms with Crippen molar-refractivity contribution in [2.75, 3.05) is 0 Å². The molecule has 0 saturated carbocycles. The van der Waals surface area contributed by atoms with E-state index in [0.717, 1.165) is 0 Å². The molecule has 0 radical (unpaired) electrons. The van der Waals surface area contributed by atoms with Crippen molar-refractivity contribution in [3.63, 3.8) is 0 Å². The summed E-state index contributed by atoms with van der Waals surface area (Å²) in [7, 11) is 0. The fourth-order valence-electron chi connectivity index (χ4n) is 1.27. The molecule has 4 heteroatoms. The average molecular weight is 207 g/mol. The highest BCUT2D eigenvalue weighted by atomic mass is 19.1. The number of nitrogens with zero attached hydrogens (tertiary/aromatic N) is 1. The standard InChI is InChI=1S/C11H10FNO2/c1-7(14)11-6-10(13-15-11)8-3-2-4-9(12)5-8/h2-7,14H,1H3/t7-/m0/s1. The summed E-state index contributed by atoms with van der Waals surface area (Å²) in [4.78, 5) is 0. The monoisotopic (exact) mass is 207 g/mol. The van der Waals surface area contributed by atoms with Crippen LogP contribution in [0.5, 0.6) is 0 Å². The first-order chi connectivity index (χ1) is 7.16. The molecule has 0 fully saturated rings. The Morgan fingerprint density at radius 2 is 2.20 bits per heavy atom. The lowest BCUT2D eigenvalue weighted by Crippen LogP contribution is -1.85. The summed E-state index contributed by atoms with van der Waals surface area (Å²) >= 11 is 0. The van der Waals surface area contributed by atoms with Gasteiger partial charge in [0.2, 0.25) is 0 Å². The van der Waals surface area contributed by atoms with Crippen molar-refractivity contribution in [1.82, 2.24) is 5.16 Å². The van der Waals surface area contributed by atoms with Crippen LogP contribution in [0.1, 0.15) is 18.8 Å². The Kier molecular flexibility index (Phi) is 2.51. The first-order valence-electron chi connectivity index (χ1n) is 4.57. The van der Waals surface area contributed by atoms with Gasteiger partial charge in [-0.3, -0.25) is 0 Å². The van der Waals surface area contributed by atoms with E-state index in [0.29, 0.717) is 17.0 Å². The van der Waals surface area contributed by atoms with Crippen LogP contribution in [0, 0.1) is 5.82 Å². The van der Waals surface area contributed by atoms with Gasteiger partial charge in [-0.1, -0.05) is 17.3 Å². The zero-order valence-electron chi connectivity index (χ0n) is 8.14. The first-order valence-corrected chi connectivity index (χ1v) is 4.57. The number of aliphatic hydroxyl groups excluding tert-OH is 1. The third-order valence-corrected chi connectivity index (χ3v) is 2.06. The molecular formula is C11H10FNO2. The fraction of sp³-hybridized carbons (Fsp3) is 0.182. The molecule has 0 saturated heterocycles. The minimum atomic E-state index is -0.709. The summed E-state index contributed by atoms with van der Waals surface area (Å²) in [5.41, 5.74) is 1.15. The van der Waals surface area contributed by atoms with Crippen LogP contribution in [0.25, 0.3) is 11.3 Å². The van der Waals surface area contributed by atoms with Gasteiger partial charge in [-0.05, 0) is 19.1 Å². The van der Waals surface area contributed by atoms with E-state index < -0.39 is 6.10 Å². The largest absolute Gasteiger partial charge is 0.385 e. The van der Waals surface area contributed by atoms with Crippen molar-refractivity contribution >= 4 is 0 Å². The second kappa shape index (κ2) is 3.82. The summed E-state index contributed by atoms with van der Waals surface area (Å²) < 4.78 is 17.8. The van der Waals surface area contributed by atoms with E-state index in [-0.39, 0.29) is 5.82 Å². The van der Waals surface area contributed by atoms with Gasteiger partial charge in [-0.15, -0.1) is 0 Å². The van der Waals surface area contributed by atoms with Crippen LogP contribution >= 0.6 is 0 Å². The summed E-state index contributed by atoms with van der Waals surface area (Å²) in [6, 6.07) is 7.65. The second-order valence-electron chi connectivity index (χ2n) is 3.30. The number of rotatable bonds is 2. The lowest BCUT2D eigenvalue weighted by Gasteiger charge is -1.94. The molecule has 0 aliphatic heterocycles. The molecule has 1 atom stereocenters. The number of hydrogen-bond donors (Lipinski definition) is 1. The molecular weight excluding hydrogens is 197 g/mol. The van der Waals surface area contributed by atoms with Gasteiger partial charge in [-0.25, -0.2) is 4.39 Å². The molecule has 0 amide bonds. The molecule has 0 spiro atoms. The van der Waals surface area contributed by atoms with Crippen LogP contribution in [0.2, 0.25) is 0 Å². The Morgan fingerprint density at radius 3 is 2.80 bits per heavy atom. The normalized spacial score (nSPS) is 12.7. The predicted octanol–water partition coefficient (Wildman–Crippen LogP) is 2.53. The maximum absolute atomic E-state index is 12.9. The maximum atomic E-state index is 12.9. The van der Waals surface area contributed by atoms with E-state index in [1.807, 2.05) is 0 Å². The molecule has 1 aromatic heterocycles. The molecule has 2 rings (SSSR count). The molecule has 0 unspecified atom stereocenters. The van der Waals surface area contributed by atoms with Gasteiger partial charge in [0.15, 0.2) is 5.76 Å². The van der Waals surface area contributed by atoms with E-state index in [2.05, 4.69) is 5.16 Å². The highest BCUT2D eigenvalue weighted by molar-refractivity contribution is 5.58.